The van der Waals surface area contributed by atoms with E-state index in [1.165, 1.54) is 19.2 Å². The predicted octanol–water partition coefficient (Wildman–Crippen LogP) is 0.183. The molecule has 0 fully saturated rings. The van der Waals surface area contributed by atoms with E-state index in [1.54, 1.807) is 0 Å². The Balaban J connectivity index is 2.52. The van der Waals surface area contributed by atoms with Crippen molar-refractivity contribution >= 4 is 29.1 Å². The molecule has 1 aromatic heterocycles. The minimum absolute atomic E-state index is 0.147. The van der Waals surface area contributed by atoms with E-state index in [2.05, 4.69) is 15.6 Å². The summed E-state index contributed by atoms with van der Waals surface area (Å²) in [6.45, 7) is 2.08. The lowest BCUT2D eigenvalue weighted by atomic mass is 10.2. The van der Waals surface area contributed by atoms with Crippen molar-refractivity contribution < 1.29 is 9.59 Å². The molecule has 6 nitrogen and oxygen atoms in total. The summed E-state index contributed by atoms with van der Waals surface area (Å²) in [5.41, 5.74) is 6.12. The lowest BCUT2D eigenvalue weighted by Crippen LogP contribution is -2.33. The standard InChI is InChI=1S/C10H13ClN4O2/c1-6(16)13-2-3-14-10(17)7-4-9(11)15-5-8(7)12/h4-5H,2-3,12H2,1H3,(H,13,16)(H,14,17). The Kier molecular flexibility index (Phi) is 4.71. The number of carbonyl (C=O) groups excluding carboxylic acids is 2. The van der Waals surface area contributed by atoms with Crippen LogP contribution in [0.15, 0.2) is 12.3 Å². The van der Waals surface area contributed by atoms with Crippen LogP contribution in [-0.4, -0.2) is 29.9 Å². The number of hydrogen-bond acceptors (Lipinski definition) is 4. The number of nitrogens with two attached hydrogens (primary N) is 1. The zero-order valence-electron chi connectivity index (χ0n) is 9.29. The molecule has 1 aromatic rings. The maximum absolute atomic E-state index is 11.7. The monoisotopic (exact) mass is 256 g/mol. The van der Waals surface area contributed by atoms with Crippen LogP contribution < -0.4 is 16.4 Å². The zero-order chi connectivity index (χ0) is 12.8. The largest absolute Gasteiger partial charge is 0.397 e. The molecule has 1 rings (SSSR count). The lowest BCUT2D eigenvalue weighted by Gasteiger charge is -2.07. The third-order valence-corrected chi connectivity index (χ3v) is 2.14. The number of hydrogen-bond donors (Lipinski definition) is 3. The fraction of sp³-hybridized carbons (Fsp3) is 0.300. The van der Waals surface area contributed by atoms with E-state index in [0.29, 0.717) is 13.1 Å². The van der Waals surface area contributed by atoms with Crippen molar-refractivity contribution in [3.8, 4) is 0 Å². The minimum Gasteiger partial charge on any atom is -0.397 e. The summed E-state index contributed by atoms with van der Waals surface area (Å²) in [5.74, 6) is -0.497. The highest BCUT2D eigenvalue weighted by molar-refractivity contribution is 6.29. The van der Waals surface area contributed by atoms with Gasteiger partial charge in [0.05, 0.1) is 17.4 Å². The van der Waals surface area contributed by atoms with Gasteiger partial charge in [0.1, 0.15) is 5.15 Å². The topological polar surface area (TPSA) is 97.1 Å². The number of amides is 2. The molecule has 0 aromatic carbocycles. The molecule has 0 spiro atoms. The van der Waals surface area contributed by atoms with E-state index < -0.39 is 0 Å². The maximum atomic E-state index is 11.7. The molecule has 0 atom stereocenters. The van der Waals surface area contributed by atoms with E-state index >= 15 is 0 Å². The van der Waals surface area contributed by atoms with Crippen LogP contribution in [0.4, 0.5) is 5.69 Å². The SMILES string of the molecule is CC(=O)NCCNC(=O)c1cc(Cl)ncc1N. The van der Waals surface area contributed by atoms with Crippen molar-refractivity contribution in [2.45, 2.75) is 6.92 Å². The van der Waals surface area contributed by atoms with Crippen LogP contribution in [0.2, 0.25) is 5.15 Å². The summed E-state index contributed by atoms with van der Waals surface area (Å²) in [5, 5.41) is 5.36. The Hall–Kier alpha value is -1.82. The second-order valence-electron chi connectivity index (χ2n) is 3.33. The summed E-state index contributed by atoms with van der Waals surface area (Å²) in [6.07, 6.45) is 1.32. The molecule has 0 radical (unpaired) electrons. The van der Waals surface area contributed by atoms with Crippen LogP contribution >= 0.6 is 11.6 Å². The van der Waals surface area contributed by atoms with Gasteiger partial charge in [-0.15, -0.1) is 0 Å². The molecule has 0 saturated carbocycles. The van der Waals surface area contributed by atoms with E-state index in [0.717, 1.165) is 0 Å². The number of pyridine rings is 1. The Bertz CT molecular complexity index is 436. The summed E-state index contributed by atoms with van der Waals surface area (Å²) in [7, 11) is 0. The van der Waals surface area contributed by atoms with Crippen molar-refractivity contribution in [3.05, 3.63) is 23.0 Å². The van der Waals surface area contributed by atoms with Crippen LogP contribution in [0.3, 0.4) is 0 Å². The number of halogens is 1. The van der Waals surface area contributed by atoms with Gasteiger partial charge in [0.2, 0.25) is 5.91 Å². The summed E-state index contributed by atoms with van der Waals surface area (Å²) < 4.78 is 0. The summed E-state index contributed by atoms with van der Waals surface area (Å²) >= 11 is 5.66. The third kappa shape index (κ3) is 4.28. The van der Waals surface area contributed by atoms with Gasteiger partial charge in [0.15, 0.2) is 0 Å². The summed E-state index contributed by atoms with van der Waals surface area (Å²) in [4.78, 5) is 26.0. The van der Waals surface area contributed by atoms with E-state index in [4.69, 9.17) is 17.3 Å². The molecular weight excluding hydrogens is 244 g/mol. The number of nitrogens with one attached hydrogen (secondary N) is 2. The molecular formula is C10H13ClN4O2. The fourth-order valence-corrected chi connectivity index (χ4v) is 1.30. The normalized spacial score (nSPS) is 9.76. The molecule has 0 bridgehead atoms. The van der Waals surface area contributed by atoms with Gasteiger partial charge in [-0.1, -0.05) is 11.6 Å². The summed E-state index contributed by atoms with van der Waals surface area (Å²) in [6, 6.07) is 1.39. The van der Waals surface area contributed by atoms with Crippen molar-refractivity contribution in [1.29, 1.82) is 0 Å². The zero-order valence-corrected chi connectivity index (χ0v) is 10.0. The molecule has 4 N–H and O–H groups in total. The number of aromatic nitrogens is 1. The van der Waals surface area contributed by atoms with Crippen molar-refractivity contribution in [1.82, 2.24) is 15.6 Å². The average Bonchev–Trinajstić information content (AvgIpc) is 2.27. The molecule has 0 saturated heterocycles. The Labute approximate surface area is 104 Å². The van der Waals surface area contributed by atoms with Crippen LogP contribution in [0.1, 0.15) is 17.3 Å². The van der Waals surface area contributed by atoms with Gasteiger partial charge < -0.3 is 16.4 Å². The number of nitrogens with zero attached hydrogens (tertiary/aromatic N) is 1. The Morgan fingerprint density at radius 1 is 1.41 bits per heavy atom. The van der Waals surface area contributed by atoms with Crippen LogP contribution in [0.5, 0.6) is 0 Å². The molecule has 17 heavy (non-hydrogen) atoms. The first-order chi connectivity index (χ1) is 8.00. The molecule has 2 amide bonds. The molecule has 0 aliphatic heterocycles. The Morgan fingerprint density at radius 2 is 2.06 bits per heavy atom. The minimum atomic E-state index is -0.350. The molecule has 92 valence electrons. The van der Waals surface area contributed by atoms with Crippen molar-refractivity contribution in [3.63, 3.8) is 0 Å². The van der Waals surface area contributed by atoms with Gasteiger partial charge in [-0.05, 0) is 6.07 Å². The number of nitrogen functional groups attached to an aromatic ring is 1. The second kappa shape index (κ2) is 6.05. The quantitative estimate of drug-likeness (QED) is 0.529. The van der Waals surface area contributed by atoms with E-state index in [-0.39, 0.29) is 28.2 Å². The van der Waals surface area contributed by atoms with Gasteiger partial charge >= 0.3 is 0 Å². The Morgan fingerprint density at radius 3 is 2.71 bits per heavy atom. The van der Waals surface area contributed by atoms with E-state index in [1.807, 2.05) is 0 Å². The van der Waals surface area contributed by atoms with Crippen molar-refractivity contribution in [2.24, 2.45) is 0 Å². The first kappa shape index (κ1) is 13.2. The smallest absolute Gasteiger partial charge is 0.253 e. The second-order valence-corrected chi connectivity index (χ2v) is 3.72. The third-order valence-electron chi connectivity index (χ3n) is 1.93. The molecule has 7 heteroatoms. The maximum Gasteiger partial charge on any atom is 0.253 e. The molecule has 0 aliphatic rings. The predicted molar refractivity (Wildman–Crippen MR) is 64.7 cm³/mol. The van der Waals surface area contributed by atoms with Crippen LogP contribution in [0, 0.1) is 0 Å². The van der Waals surface area contributed by atoms with Crippen molar-refractivity contribution in [2.75, 3.05) is 18.8 Å². The highest BCUT2D eigenvalue weighted by Crippen LogP contribution is 2.14. The highest BCUT2D eigenvalue weighted by atomic mass is 35.5. The lowest BCUT2D eigenvalue weighted by molar-refractivity contribution is -0.118. The first-order valence-electron chi connectivity index (χ1n) is 4.94. The van der Waals surface area contributed by atoms with Gasteiger partial charge in [-0.2, -0.15) is 0 Å². The van der Waals surface area contributed by atoms with E-state index in [9.17, 15) is 9.59 Å². The first-order valence-corrected chi connectivity index (χ1v) is 5.32. The molecule has 0 aliphatic carbocycles. The highest BCUT2D eigenvalue weighted by Gasteiger charge is 2.10. The van der Waals surface area contributed by atoms with Gasteiger partial charge in [-0.25, -0.2) is 4.98 Å². The van der Waals surface area contributed by atoms with Gasteiger partial charge in [0, 0.05) is 20.0 Å². The fourth-order valence-electron chi connectivity index (χ4n) is 1.15. The average molecular weight is 257 g/mol. The van der Waals surface area contributed by atoms with Crippen LogP contribution in [-0.2, 0) is 4.79 Å². The van der Waals surface area contributed by atoms with Gasteiger partial charge in [0.25, 0.3) is 5.91 Å². The number of rotatable bonds is 4. The van der Waals surface area contributed by atoms with Crippen LogP contribution in [0.25, 0.3) is 0 Å². The van der Waals surface area contributed by atoms with Gasteiger partial charge in [-0.3, -0.25) is 9.59 Å². The number of anilines is 1. The molecule has 1 heterocycles. The number of carbonyl (C=O) groups is 2. The molecule has 0 unspecified atom stereocenters.